The number of aromatic nitrogens is 4. The Morgan fingerprint density at radius 1 is 1.16 bits per heavy atom. The largest absolute Gasteiger partial charge is 0.418 e. The fourth-order valence-corrected chi connectivity index (χ4v) is 6.09. The Balaban J connectivity index is 1.69. The average molecular weight is 525 g/mol. The number of anilines is 1. The van der Waals surface area contributed by atoms with E-state index in [4.69, 9.17) is 10.8 Å². The molecule has 3 aliphatic rings. The van der Waals surface area contributed by atoms with E-state index in [0.717, 1.165) is 32.0 Å². The van der Waals surface area contributed by atoms with Crippen LogP contribution >= 0.6 is 0 Å². The Bertz CT molecular complexity index is 1520. The van der Waals surface area contributed by atoms with Crippen LogP contribution in [-0.2, 0) is 6.18 Å². The summed E-state index contributed by atoms with van der Waals surface area (Å²) in [6.07, 6.45) is -3.50. The van der Waals surface area contributed by atoms with Crippen molar-refractivity contribution in [1.82, 2.24) is 25.1 Å². The van der Waals surface area contributed by atoms with Crippen LogP contribution in [0.25, 0.3) is 22.2 Å². The molecule has 0 amide bonds. The number of piperidine rings is 1. The summed E-state index contributed by atoms with van der Waals surface area (Å²) in [5, 5.41) is 27.6. The highest BCUT2D eigenvalue weighted by atomic mass is 19.4. The molecule has 2 saturated carbocycles. The van der Waals surface area contributed by atoms with Crippen molar-refractivity contribution in [2.45, 2.75) is 56.7 Å². The van der Waals surface area contributed by atoms with E-state index in [2.05, 4.69) is 27.4 Å². The quantitative estimate of drug-likeness (QED) is 0.447. The van der Waals surface area contributed by atoms with E-state index >= 15 is 4.39 Å². The molecule has 3 N–H and O–H groups in total. The molecule has 1 unspecified atom stereocenters. The highest BCUT2D eigenvalue weighted by molar-refractivity contribution is 5.90. The maximum atomic E-state index is 16.5. The molecule has 3 atom stereocenters. The van der Waals surface area contributed by atoms with Gasteiger partial charge >= 0.3 is 6.18 Å². The Kier molecular flexibility index (Phi) is 5.58. The van der Waals surface area contributed by atoms with Gasteiger partial charge in [-0.15, -0.1) is 0 Å². The van der Waals surface area contributed by atoms with Crippen molar-refractivity contribution >= 4 is 16.7 Å². The molecule has 1 saturated heterocycles. The molecule has 38 heavy (non-hydrogen) atoms. The second-order valence-electron chi connectivity index (χ2n) is 10.4. The third-order valence-electron chi connectivity index (χ3n) is 7.96. The lowest BCUT2D eigenvalue weighted by molar-refractivity contribution is -0.137. The topological polar surface area (TPSA) is 129 Å². The van der Waals surface area contributed by atoms with Crippen molar-refractivity contribution in [3.63, 3.8) is 0 Å². The minimum atomic E-state index is -4.84. The number of nitriles is 2. The van der Waals surface area contributed by atoms with Gasteiger partial charge in [-0.2, -0.15) is 28.8 Å². The molecule has 1 aliphatic heterocycles. The van der Waals surface area contributed by atoms with Crippen molar-refractivity contribution in [2.75, 3.05) is 18.8 Å². The maximum Gasteiger partial charge on any atom is 0.418 e. The van der Waals surface area contributed by atoms with Gasteiger partial charge in [-0.05, 0) is 50.8 Å². The molecule has 0 radical (unpaired) electrons. The summed E-state index contributed by atoms with van der Waals surface area (Å²) in [5.74, 6) is -1.11. The van der Waals surface area contributed by atoms with Crippen molar-refractivity contribution in [1.29, 1.82) is 10.5 Å². The number of nitrogens with one attached hydrogen (secondary N) is 1. The van der Waals surface area contributed by atoms with Crippen molar-refractivity contribution in [2.24, 2.45) is 11.8 Å². The van der Waals surface area contributed by atoms with Crippen LogP contribution in [0.3, 0.4) is 0 Å². The van der Waals surface area contributed by atoms with Crippen molar-refractivity contribution in [3.8, 4) is 23.4 Å². The van der Waals surface area contributed by atoms with Gasteiger partial charge in [-0.1, -0.05) is 0 Å². The molecule has 8 nitrogen and oxygen atoms in total. The van der Waals surface area contributed by atoms with Crippen LogP contribution in [0, 0.1) is 47.2 Å². The van der Waals surface area contributed by atoms with E-state index in [9.17, 15) is 23.7 Å². The third kappa shape index (κ3) is 3.78. The number of pyridine rings is 2. The highest BCUT2D eigenvalue weighted by Crippen LogP contribution is 2.58. The number of fused-ring (bicyclic) bond motifs is 2. The Morgan fingerprint density at radius 3 is 2.39 bits per heavy atom. The summed E-state index contributed by atoms with van der Waals surface area (Å²) in [7, 11) is 0. The van der Waals surface area contributed by atoms with E-state index in [1.54, 1.807) is 4.68 Å². The minimum Gasteiger partial charge on any atom is -0.384 e. The van der Waals surface area contributed by atoms with Crippen molar-refractivity contribution < 1.29 is 17.6 Å². The van der Waals surface area contributed by atoms with Gasteiger partial charge in [0.2, 0.25) is 0 Å². The summed E-state index contributed by atoms with van der Waals surface area (Å²) in [6.45, 7) is 2.78. The summed E-state index contributed by atoms with van der Waals surface area (Å²) in [4.78, 5) is 8.25. The van der Waals surface area contributed by atoms with Crippen LogP contribution in [0.15, 0.2) is 6.07 Å². The zero-order valence-electron chi connectivity index (χ0n) is 20.5. The molecule has 3 aromatic rings. The Labute approximate surface area is 215 Å². The van der Waals surface area contributed by atoms with Gasteiger partial charge in [-0.25, -0.2) is 14.4 Å². The van der Waals surface area contributed by atoms with Gasteiger partial charge in [0.15, 0.2) is 5.82 Å². The van der Waals surface area contributed by atoms with Gasteiger partial charge < -0.3 is 11.1 Å². The van der Waals surface area contributed by atoms with Gasteiger partial charge in [-0.3, -0.25) is 4.68 Å². The Morgan fingerprint density at radius 2 is 1.82 bits per heavy atom. The maximum absolute atomic E-state index is 16.5. The SMILES string of the molecule is Cc1nc(N)cc(-c2nc(C(CC#N)CC#N)c3c(C4[C@H]5CNC[C@@H]45)nn(C4CC4)c3c2F)c1C(F)(F)F. The van der Waals surface area contributed by atoms with Crippen LogP contribution in [0.1, 0.15) is 66.2 Å². The third-order valence-corrected chi connectivity index (χ3v) is 7.96. The monoisotopic (exact) mass is 524 g/mol. The molecule has 2 aliphatic carbocycles. The zero-order valence-corrected chi connectivity index (χ0v) is 20.5. The first-order valence-electron chi connectivity index (χ1n) is 12.6. The molecule has 0 spiro atoms. The van der Waals surface area contributed by atoms with E-state index in [-0.39, 0.29) is 41.8 Å². The number of aryl methyl sites for hydroxylation is 1. The average Bonchev–Trinajstić information content (AvgIpc) is 3.72. The van der Waals surface area contributed by atoms with Crippen LogP contribution in [-0.4, -0.2) is 32.8 Å². The van der Waals surface area contributed by atoms with Gasteiger partial charge in [0.25, 0.3) is 0 Å². The van der Waals surface area contributed by atoms with Gasteiger partial charge in [0.1, 0.15) is 17.0 Å². The van der Waals surface area contributed by atoms with E-state index in [1.807, 2.05) is 0 Å². The van der Waals surface area contributed by atoms with Gasteiger partial charge in [0, 0.05) is 35.6 Å². The second-order valence-corrected chi connectivity index (χ2v) is 10.4. The molecule has 3 fully saturated rings. The summed E-state index contributed by atoms with van der Waals surface area (Å²) >= 11 is 0. The molecular formula is C26H24F4N8. The predicted molar refractivity (Wildman–Crippen MR) is 129 cm³/mol. The molecule has 0 bridgehead atoms. The van der Waals surface area contributed by atoms with Crippen molar-refractivity contribution in [3.05, 3.63) is 34.5 Å². The van der Waals surface area contributed by atoms with Crippen LogP contribution in [0.2, 0.25) is 0 Å². The molecule has 3 aromatic heterocycles. The minimum absolute atomic E-state index is 0.0684. The lowest BCUT2D eigenvalue weighted by Crippen LogP contribution is -2.15. The Hall–Kier alpha value is -3.77. The van der Waals surface area contributed by atoms with Gasteiger partial charge in [0.05, 0.1) is 40.8 Å². The highest BCUT2D eigenvalue weighted by Gasteiger charge is 2.56. The smallest absolute Gasteiger partial charge is 0.384 e. The predicted octanol–water partition coefficient (Wildman–Crippen LogP) is 4.72. The zero-order chi connectivity index (χ0) is 26.9. The number of nitrogens with zero attached hydrogens (tertiary/aromatic N) is 6. The molecule has 12 heteroatoms. The van der Waals surface area contributed by atoms with E-state index in [0.29, 0.717) is 22.9 Å². The fraction of sp³-hybridized carbons (Fsp3) is 0.500. The second kappa shape index (κ2) is 8.63. The molecule has 196 valence electrons. The number of nitrogens with two attached hydrogens (primary N) is 1. The van der Waals surface area contributed by atoms with Crippen LogP contribution in [0.5, 0.6) is 0 Å². The van der Waals surface area contributed by atoms with Crippen LogP contribution in [0.4, 0.5) is 23.4 Å². The summed E-state index contributed by atoms with van der Waals surface area (Å²) in [5.41, 5.74) is 4.25. The lowest BCUT2D eigenvalue weighted by atomic mass is 9.92. The standard InChI is InChI=1S/C26H24F4N8/c1-11-20(26(28,29)30)14(8-17(33)35-11)23-21(27)25-19(22(36-23)12(4-6-31)5-7-32)24(37-38(25)13-2-3-13)18-15-9-34-10-16(15)18/h8,12-13,15-16,18,34H,2-5,9-10H2,1H3,(H2,33,35)/t15-,16+,18?. The van der Waals surface area contributed by atoms with E-state index < -0.39 is 40.4 Å². The summed E-state index contributed by atoms with van der Waals surface area (Å²) < 4.78 is 60.7. The number of halogens is 4. The normalized spacial score (nSPS) is 22.5. The molecule has 6 rings (SSSR count). The van der Waals surface area contributed by atoms with Crippen LogP contribution < -0.4 is 11.1 Å². The first-order valence-corrected chi connectivity index (χ1v) is 12.6. The number of rotatable bonds is 6. The number of alkyl halides is 3. The molecule has 4 heterocycles. The first-order chi connectivity index (χ1) is 18.2. The first kappa shape index (κ1) is 24.6. The number of hydrogen-bond acceptors (Lipinski definition) is 7. The molecule has 0 aromatic carbocycles. The fourth-order valence-electron chi connectivity index (χ4n) is 6.09. The van der Waals surface area contributed by atoms with E-state index in [1.165, 1.54) is 6.92 Å². The summed E-state index contributed by atoms with van der Waals surface area (Å²) in [6, 6.07) is 5.03. The lowest BCUT2D eigenvalue weighted by Gasteiger charge is -2.19. The number of nitrogen functional groups attached to an aromatic ring is 1. The number of hydrogen-bond donors (Lipinski definition) is 2. The molecular weight excluding hydrogens is 500 g/mol.